The zero-order valence-corrected chi connectivity index (χ0v) is 11.4. The quantitative estimate of drug-likeness (QED) is 0.645. The molecule has 1 rings (SSSR count). The predicted molar refractivity (Wildman–Crippen MR) is 76.1 cm³/mol. The molecule has 1 aromatic carbocycles. The summed E-state index contributed by atoms with van der Waals surface area (Å²) < 4.78 is 0. The number of hydrogen-bond acceptors (Lipinski definition) is 4. The minimum atomic E-state index is -1.04. The average Bonchev–Trinajstić information content (AvgIpc) is 2.39. The van der Waals surface area contributed by atoms with Crippen molar-refractivity contribution in [1.82, 2.24) is 5.32 Å². The Bertz CT molecular complexity index is 412. The number of carbonyl (C=O) groups is 2. The van der Waals surface area contributed by atoms with Gasteiger partial charge in [0.15, 0.2) is 0 Å². The number of benzene rings is 1. The van der Waals surface area contributed by atoms with Crippen molar-refractivity contribution < 1.29 is 14.7 Å². The summed E-state index contributed by atoms with van der Waals surface area (Å²) in [6, 6.07) is 8.96. The first-order valence-electron chi connectivity index (χ1n) is 5.96. The summed E-state index contributed by atoms with van der Waals surface area (Å²) in [4.78, 5) is 21.9. The molecule has 0 fully saturated rings. The van der Waals surface area contributed by atoms with E-state index in [0.29, 0.717) is 6.54 Å². The molecule has 6 heteroatoms. The second-order valence-corrected chi connectivity index (χ2v) is 5.08. The van der Waals surface area contributed by atoms with Crippen molar-refractivity contribution in [2.45, 2.75) is 12.5 Å². The highest BCUT2D eigenvalue weighted by molar-refractivity contribution is 8.00. The largest absolute Gasteiger partial charge is 0.480 e. The first-order valence-corrected chi connectivity index (χ1v) is 7.12. The van der Waals surface area contributed by atoms with Crippen molar-refractivity contribution in [2.24, 2.45) is 5.73 Å². The van der Waals surface area contributed by atoms with Gasteiger partial charge in [0, 0.05) is 12.3 Å². The number of rotatable bonds is 8. The van der Waals surface area contributed by atoms with E-state index in [9.17, 15) is 9.59 Å². The van der Waals surface area contributed by atoms with Gasteiger partial charge >= 0.3 is 5.97 Å². The molecule has 19 heavy (non-hydrogen) atoms. The van der Waals surface area contributed by atoms with E-state index >= 15 is 0 Å². The Morgan fingerprint density at radius 3 is 2.63 bits per heavy atom. The lowest BCUT2D eigenvalue weighted by Gasteiger charge is -2.07. The molecule has 0 unspecified atom stereocenters. The summed E-state index contributed by atoms with van der Waals surface area (Å²) in [6.45, 7) is 0.578. The van der Waals surface area contributed by atoms with Gasteiger partial charge in [-0.05, 0) is 12.0 Å². The van der Waals surface area contributed by atoms with Crippen LogP contribution in [0.1, 0.15) is 5.56 Å². The lowest BCUT2D eigenvalue weighted by Crippen LogP contribution is -2.33. The molecule has 0 bridgehead atoms. The Hall–Kier alpha value is -1.53. The van der Waals surface area contributed by atoms with Crippen LogP contribution in [-0.2, 0) is 16.0 Å². The van der Waals surface area contributed by atoms with Gasteiger partial charge in [0.25, 0.3) is 0 Å². The molecule has 1 aromatic rings. The molecule has 0 aliphatic heterocycles. The van der Waals surface area contributed by atoms with Crippen molar-refractivity contribution in [2.75, 3.05) is 18.1 Å². The molecule has 0 aliphatic rings. The Kier molecular flexibility index (Phi) is 6.99. The third-order valence-corrected chi connectivity index (χ3v) is 3.49. The Labute approximate surface area is 116 Å². The van der Waals surface area contributed by atoms with Crippen LogP contribution in [-0.4, -0.2) is 41.1 Å². The highest BCUT2D eigenvalue weighted by Crippen LogP contribution is 2.02. The summed E-state index contributed by atoms with van der Waals surface area (Å²) >= 11 is 1.23. The number of carboxylic acids is 1. The topological polar surface area (TPSA) is 92.4 Å². The van der Waals surface area contributed by atoms with Crippen LogP contribution in [0, 0.1) is 0 Å². The molecule has 0 aromatic heterocycles. The van der Waals surface area contributed by atoms with Crippen molar-refractivity contribution >= 4 is 23.6 Å². The molecule has 0 radical (unpaired) electrons. The van der Waals surface area contributed by atoms with E-state index < -0.39 is 12.0 Å². The van der Waals surface area contributed by atoms with Gasteiger partial charge in [-0.25, -0.2) is 0 Å². The normalized spacial score (nSPS) is 11.8. The zero-order valence-electron chi connectivity index (χ0n) is 10.5. The molecular formula is C13H18N2O3S. The third kappa shape index (κ3) is 6.83. The number of aliphatic carboxylic acids is 1. The monoisotopic (exact) mass is 282 g/mol. The second-order valence-electron chi connectivity index (χ2n) is 4.05. The van der Waals surface area contributed by atoms with Gasteiger partial charge in [-0.2, -0.15) is 0 Å². The van der Waals surface area contributed by atoms with Crippen molar-refractivity contribution in [3.63, 3.8) is 0 Å². The van der Waals surface area contributed by atoms with Gasteiger partial charge < -0.3 is 16.2 Å². The summed E-state index contributed by atoms with van der Waals surface area (Å²) in [5.41, 5.74) is 6.50. The van der Waals surface area contributed by atoms with Gasteiger partial charge in [-0.1, -0.05) is 30.3 Å². The maximum absolute atomic E-state index is 11.5. The molecule has 0 aliphatic carbocycles. The summed E-state index contributed by atoms with van der Waals surface area (Å²) in [5, 5.41) is 11.4. The van der Waals surface area contributed by atoms with Gasteiger partial charge in [0.2, 0.25) is 5.91 Å². The fourth-order valence-corrected chi connectivity index (χ4v) is 2.19. The average molecular weight is 282 g/mol. The minimum Gasteiger partial charge on any atom is -0.480 e. The van der Waals surface area contributed by atoms with Crippen LogP contribution >= 0.6 is 11.8 Å². The van der Waals surface area contributed by atoms with Crippen molar-refractivity contribution in [3.8, 4) is 0 Å². The lowest BCUT2D eigenvalue weighted by molar-refractivity contribution is -0.138. The molecular weight excluding hydrogens is 264 g/mol. The number of carboxylic acid groups (broad SMARTS) is 1. The summed E-state index contributed by atoms with van der Waals surface area (Å²) in [5.74, 6) is -0.674. The summed E-state index contributed by atoms with van der Waals surface area (Å²) in [7, 11) is 0. The van der Waals surface area contributed by atoms with Crippen LogP contribution in [0.4, 0.5) is 0 Å². The third-order valence-electron chi connectivity index (χ3n) is 2.43. The van der Waals surface area contributed by atoms with Gasteiger partial charge in [0.05, 0.1) is 5.75 Å². The van der Waals surface area contributed by atoms with E-state index in [2.05, 4.69) is 5.32 Å². The van der Waals surface area contributed by atoms with Crippen LogP contribution in [0.25, 0.3) is 0 Å². The molecule has 0 spiro atoms. The molecule has 5 nitrogen and oxygen atoms in total. The second kappa shape index (κ2) is 8.55. The highest BCUT2D eigenvalue weighted by atomic mass is 32.2. The van der Waals surface area contributed by atoms with Crippen LogP contribution in [0.15, 0.2) is 30.3 Å². The lowest BCUT2D eigenvalue weighted by atomic mass is 10.1. The van der Waals surface area contributed by atoms with Crippen LogP contribution < -0.4 is 11.1 Å². The van der Waals surface area contributed by atoms with Gasteiger partial charge in [0.1, 0.15) is 6.04 Å². The zero-order chi connectivity index (χ0) is 14.1. The maximum atomic E-state index is 11.5. The summed E-state index contributed by atoms with van der Waals surface area (Å²) in [6.07, 6.45) is 0.784. The molecule has 104 valence electrons. The molecule has 1 atom stereocenters. The number of nitrogens with one attached hydrogen (secondary N) is 1. The van der Waals surface area contributed by atoms with Gasteiger partial charge in [-0.3, -0.25) is 9.59 Å². The number of thioether (sulfide) groups is 1. The van der Waals surface area contributed by atoms with E-state index in [1.54, 1.807) is 0 Å². The molecule has 0 saturated heterocycles. The van der Waals surface area contributed by atoms with E-state index in [0.717, 1.165) is 6.42 Å². The predicted octanol–water partition coefficient (Wildman–Crippen LogP) is 0.490. The molecule has 4 N–H and O–H groups in total. The number of carbonyl (C=O) groups excluding carboxylic acids is 1. The molecule has 0 saturated carbocycles. The van der Waals surface area contributed by atoms with Crippen LogP contribution in [0.2, 0.25) is 0 Å². The fraction of sp³-hybridized carbons (Fsp3) is 0.385. The van der Waals surface area contributed by atoms with Gasteiger partial charge in [-0.15, -0.1) is 11.8 Å². The van der Waals surface area contributed by atoms with Crippen molar-refractivity contribution in [1.29, 1.82) is 0 Å². The number of amides is 1. The van der Waals surface area contributed by atoms with E-state index in [-0.39, 0.29) is 17.4 Å². The fourth-order valence-electron chi connectivity index (χ4n) is 1.39. The van der Waals surface area contributed by atoms with Crippen molar-refractivity contribution in [3.05, 3.63) is 35.9 Å². The van der Waals surface area contributed by atoms with E-state index in [4.69, 9.17) is 10.8 Å². The minimum absolute atomic E-state index is 0.0986. The first-order chi connectivity index (χ1) is 9.09. The molecule has 0 heterocycles. The first kappa shape index (κ1) is 15.5. The van der Waals surface area contributed by atoms with Crippen LogP contribution in [0.5, 0.6) is 0 Å². The Balaban J connectivity index is 2.10. The van der Waals surface area contributed by atoms with E-state index in [1.807, 2.05) is 30.3 Å². The number of nitrogens with two attached hydrogens (primary N) is 1. The van der Waals surface area contributed by atoms with Crippen LogP contribution in [0.3, 0.4) is 0 Å². The number of hydrogen-bond donors (Lipinski definition) is 3. The van der Waals surface area contributed by atoms with E-state index in [1.165, 1.54) is 17.3 Å². The Morgan fingerprint density at radius 1 is 1.32 bits per heavy atom. The highest BCUT2D eigenvalue weighted by Gasteiger charge is 2.11. The molecule has 1 amide bonds. The Morgan fingerprint density at radius 2 is 2.00 bits per heavy atom. The standard InChI is InChI=1S/C13H18N2O3S/c14-11(13(17)18)8-19-9-12(16)15-7-6-10-4-2-1-3-5-10/h1-5,11H,6-9,14H2,(H,15,16)(H,17,18)/t11-/m0/s1. The smallest absolute Gasteiger partial charge is 0.321 e. The maximum Gasteiger partial charge on any atom is 0.321 e. The SMILES string of the molecule is N[C@@H](CSCC(=O)NCCc1ccccc1)C(=O)O.